The summed E-state index contributed by atoms with van der Waals surface area (Å²) in [4.78, 5) is 13.7. The van der Waals surface area contributed by atoms with E-state index >= 15 is 0 Å². The van der Waals surface area contributed by atoms with Gasteiger partial charge in [0.25, 0.3) is 5.91 Å². The largest absolute Gasteiger partial charge is 0.406 e. The van der Waals surface area contributed by atoms with Crippen LogP contribution in [0.3, 0.4) is 0 Å². The van der Waals surface area contributed by atoms with Crippen LogP contribution in [-0.4, -0.2) is 36.6 Å². The van der Waals surface area contributed by atoms with Gasteiger partial charge in [-0.3, -0.25) is 4.79 Å². The molecule has 0 atom stereocenters. The molecule has 2 N–H and O–H groups in total. The highest BCUT2D eigenvalue weighted by atomic mass is 32.1. The van der Waals surface area contributed by atoms with Crippen molar-refractivity contribution in [3.8, 4) is 11.8 Å². The molecule has 0 fully saturated rings. The SMILES string of the molecule is CCCN(CC(F)(F)F)C(=O)c1ccc(C#CCN)s1. The summed E-state index contributed by atoms with van der Waals surface area (Å²) in [6, 6.07) is 3.10. The van der Waals surface area contributed by atoms with Crippen molar-refractivity contribution in [3.05, 3.63) is 21.9 Å². The van der Waals surface area contributed by atoms with Gasteiger partial charge >= 0.3 is 6.18 Å². The van der Waals surface area contributed by atoms with Gasteiger partial charge in [-0.1, -0.05) is 18.8 Å². The van der Waals surface area contributed by atoms with Crippen LogP contribution in [0.5, 0.6) is 0 Å². The van der Waals surface area contributed by atoms with Gasteiger partial charge in [-0.15, -0.1) is 11.3 Å². The molecule has 1 rings (SSSR count). The van der Waals surface area contributed by atoms with Crippen molar-refractivity contribution < 1.29 is 18.0 Å². The molecule has 0 saturated carbocycles. The lowest BCUT2D eigenvalue weighted by Crippen LogP contribution is -2.39. The second kappa shape index (κ2) is 7.31. The van der Waals surface area contributed by atoms with E-state index in [0.29, 0.717) is 11.3 Å². The number of carbonyl (C=O) groups is 1. The number of amides is 1. The van der Waals surface area contributed by atoms with Crippen LogP contribution in [0.15, 0.2) is 12.1 Å². The van der Waals surface area contributed by atoms with E-state index in [1.54, 1.807) is 13.0 Å². The highest BCUT2D eigenvalue weighted by Gasteiger charge is 2.33. The van der Waals surface area contributed by atoms with Gasteiger partial charge in [-0.2, -0.15) is 13.2 Å². The Morgan fingerprint density at radius 2 is 2.15 bits per heavy atom. The van der Waals surface area contributed by atoms with E-state index in [2.05, 4.69) is 11.8 Å². The predicted molar refractivity (Wildman–Crippen MR) is 72.5 cm³/mol. The maximum atomic E-state index is 12.5. The lowest BCUT2D eigenvalue weighted by molar-refractivity contribution is -0.140. The van der Waals surface area contributed by atoms with Gasteiger partial charge in [0.1, 0.15) is 6.54 Å². The molecule has 0 aliphatic heterocycles. The fourth-order valence-electron chi connectivity index (χ4n) is 1.55. The lowest BCUT2D eigenvalue weighted by Gasteiger charge is -2.22. The summed E-state index contributed by atoms with van der Waals surface area (Å²) in [7, 11) is 0. The van der Waals surface area contributed by atoms with E-state index in [9.17, 15) is 18.0 Å². The summed E-state index contributed by atoms with van der Waals surface area (Å²) in [6.07, 6.45) is -3.93. The first kappa shape index (κ1) is 16.5. The quantitative estimate of drug-likeness (QED) is 0.869. The molecular weight excluding hydrogens is 289 g/mol. The number of alkyl halides is 3. The van der Waals surface area contributed by atoms with Crippen LogP contribution < -0.4 is 5.73 Å². The van der Waals surface area contributed by atoms with Gasteiger partial charge in [0.15, 0.2) is 0 Å². The van der Waals surface area contributed by atoms with Crippen molar-refractivity contribution in [2.24, 2.45) is 5.73 Å². The van der Waals surface area contributed by atoms with E-state index in [1.165, 1.54) is 6.07 Å². The first-order valence-electron chi connectivity index (χ1n) is 6.02. The zero-order valence-corrected chi connectivity index (χ0v) is 11.8. The van der Waals surface area contributed by atoms with Crippen molar-refractivity contribution in [2.75, 3.05) is 19.6 Å². The van der Waals surface area contributed by atoms with Crippen LogP contribution in [0.1, 0.15) is 27.9 Å². The summed E-state index contributed by atoms with van der Waals surface area (Å²) in [6.45, 7) is 0.752. The fourth-order valence-corrected chi connectivity index (χ4v) is 2.40. The summed E-state index contributed by atoms with van der Waals surface area (Å²) in [5, 5.41) is 0. The third kappa shape index (κ3) is 5.23. The van der Waals surface area contributed by atoms with Crippen LogP contribution in [0.4, 0.5) is 13.2 Å². The van der Waals surface area contributed by atoms with Gasteiger partial charge in [0.2, 0.25) is 0 Å². The molecule has 20 heavy (non-hydrogen) atoms. The van der Waals surface area contributed by atoms with Crippen LogP contribution >= 0.6 is 11.3 Å². The Balaban J connectivity index is 2.86. The Morgan fingerprint density at radius 3 is 2.70 bits per heavy atom. The fraction of sp³-hybridized carbons (Fsp3) is 0.462. The molecule has 0 radical (unpaired) electrons. The molecule has 110 valence electrons. The zero-order chi connectivity index (χ0) is 15.2. The molecule has 0 saturated heterocycles. The van der Waals surface area contributed by atoms with Crippen molar-refractivity contribution in [3.63, 3.8) is 0 Å². The van der Waals surface area contributed by atoms with E-state index in [1.807, 2.05) is 0 Å². The highest BCUT2D eigenvalue weighted by Crippen LogP contribution is 2.21. The molecule has 0 aliphatic carbocycles. The Hall–Kier alpha value is -1.52. The second-order valence-electron chi connectivity index (χ2n) is 4.01. The molecule has 1 aromatic rings. The number of nitrogens with two attached hydrogens (primary N) is 1. The average molecular weight is 304 g/mol. The van der Waals surface area contributed by atoms with Crippen LogP contribution in [0.2, 0.25) is 0 Å². The monoisotopic (exact) mass is 304 g/mol. The van der Waals surface area contributed by atoms with Crippen LogP contribution in [0, 0.1) is 11.8 Å². The highest BCUT2D eigenvalue weighted by molar-refractivity contribution is 7.14. The molecule has 1 heterocycles. The molecule has 0 unspecified atom stereocenters. The number of hydrogen-bond acceptors (Lipinski definition) is 3. The average Bonchev–Trinajstić information content (AvgIpc) is 2.82. The maximum Gasteiger partial charge on any atom is 0.406 e. The molecule has 7 heteroatoms. The van der Waals surface area contributed by atoms with Crippen molar-refractivity contribution in [1.82, 2.24) is 4.90 Å². The Kier molecular flexibility index (Phi) is 6.05. The molecular formula is C13H15F3N2OS. The van der Waals surface area contributed by atoms with Gasteiger partial charge in [-0.05, 0) is 18.6 Å². The Morgan fingerprint density at radius 1 is 1.45 bits per heavy atom. The summed E-state index contributed by atoms with van der Waals surface area (Å²) >= 11 is 1.07. The summed E-state index contributed by atoms with van der Waals surface area (Å²) in [5.74, 6) is 4.77. The molecule has 0 spiro atoms. The molecule has 3 nitrogen and oxygen atoms in total. The molecule has 1 aromatic heterocycles. The number of thiophene rings is 1. The van der Waals surface area contributed by atoms with E-state index in [-0.39, 0.29) is 18.0 Å². The minimum Gasteiger partial charge on any atom is -0.329 e. The number of carbonyl (C=O) groups excluding carboxylic acids is 1. The molecule has 0 aliphatic rings. The third-order valence-corrected chi connectivity index (χ3v) is 3.27. The third-order valence-electron chi connectivity index (χ3n) is 2.28. The van der Waals surface area contributed by atoms with Crippen LogP contribution in [0.25, 0.3) is 0 Å². The Labute approximate surface area is 119 Å². The molecule has 1 amide bonds. The van der Waals surface area contributed by atoms with Gasteiger partial charge in [-0.25, -0.2) is 0 Å². The minimum absolute atomic E-state index is 0.0695. The molecule has 0 bridgehead atoms. The number of halogens is 3. The van der Waals surface area contributed by atoms with Gasteiger partial charge in [0.05, 0.1) is 16.3 Å². The number of nitrogens with zero attached hydrogens (tertiary/aromatic N) is 1. The Bertz CT molecular complexity index is 514. The minimum atomic E-state index is -4.40. The van der Waals surface area contributed by atoms with Gasteiger partial charge < -0.3 is 10.6 Å². The predicted octanol–water partition coefficient (Wildman–Crippen LogP) is 2.47. The summed E-state index contributed by atoms with van der Waals surface area (Å²) < 4.78 is 37.4. The number of hydrogen-bond donors (Lipinski definition) is 1. The van der Waals surface area contributed by atoms with Gasteiger partial charge in [0, 0.05) is 6.54 Å². The van der Waals surface area contributed by atoms with E-state index in [4.69, 9.17) is 5.73 Å². The van der Waals surface area contributed by atoms with Crippen molar-refractivity contribution >= 4 is 17.2 Å². The van der Waals surface area contributed by atoms with E-state index in [0.717, 1.165) is 16.2 Å². The number of rotatable bonds is 4. The van der Waals surface area contributed by atoms with E-state index < -0.39 is 18.6 Å². The lowest BCUT2D eigenvalue weighted by atomic mass is 10.3. The normalized spacial score (nSPS) is 10.8. The zero-order valence-electron chi connectivity index (χ0n) is 11.0. The van der Waals surface area contributed by atoms with Crippen molar-refractivity contribution in [2.45, 2.75) is 19.5 Å². The van der Waals surface area contributed by atoms with Crippen molar-refractivity contribution in [1.29, 1.82) is 0 Å². The first-order valence-corrected chi connectivity index (χ1v) is 6.84. The smallest absolute Gasteiger partial charge is 0.329 e. The standard InChI is InChI=1S/C13H15F3N2OS/c1-2-8-18(9-13(14,15)16)12(19)11-6-5-10(20-11)4-3-7-17/h5-6H,2,7-9,17H2,1H3. The molecule has 0 aromatic carbocycles. The van der Waals surface area contributed by atoms with Crippen LogP contribution in [-0.2, 0) is 0 Å². The second-order valence-corrected chi connectivity index (χ2v) is 5.10. The summed E-state index contributed by atoms with van der Waals surface area (Å²) in [5.41, 5.74) is 5.23. The first-order chi connectivity index (χ1) is 9.37. The maximum absolute atomic E-state index is 12.5. The topological polar surface area (TPSA) is 46.3 Å².